The quantitative estimate of drug-likeness (QED) is 0.851. The number of nitrogens with zero attached hydrogens (tertiary/aromatic N) is 2. The Hall–Kier alpha value is -2.31. The Bertz CT molecular complexity index is 654. The fourth-order valence-electron chi connectivity index (χ4n) is 1.68. The van der Waals surface area contributed by atoms with Gasteiger partial charge in [-0.3, -0.25) is 9.78 Å². The summed E-state index contributed by atoms with van der Waals surface area (Å²) in [5.74, 6) is -0.622. The molecule has 1 amide bonds. The van der Waals surface area contributed by atoms with E-state index >= 15 is 0 Å². The van der Waals surface area contributed by atoms with Gasteiger partial charge >= 0.3 is 6.36 Å². The van der Waals surface area contributed by atoms with E-state index in [0.717, 1.165) is 0 Å². The summed E-state index contributed by atoms with van der Waals surface area (Å²) >= 11 is 0. The van der Waals surface area contributed by atoms with Gasteiger partial charge in [-0.1, -0.05) is 0 Å². The van der Waals surface area contributed by atoms with Crippen molar-refractivity contribution in [3.63, 3.8) is 0 Å². The van der Waals surface area contributed by atoms with Crippen molar-refractivity contribution in [2.24, 2.45) is 0 Å². The highest BCUT2D eigenvalue weighted by Crippen LogP contribution is 2.26. The van der Waals surface area contributed by atoms with Gasteiger partial charge in [0.05, 0.1) is 11.1 Å². The molecule has 0 radical (unpaired) electrons. The molecule has 0 fully saturated rings. The number of rotatable bonds is 2. The number of aromatic nitrogens is 1. The molecule has 0 aliphatic rings. The van der Waals surface area contributed by atoms with Crippen molar-refractivity contribution in [2.75, 3.05) is 14.1 Å². The number of amides is 1. The highest BCUT2D eigenvalue weighted by atomic mass is 19.4. The van der Waals surface area contributed by atoms with Gasteiger partial charge in [0.15, 0.2) is 0 Å². The first-order valence-corrected chi connectivity index (χ1v) is 5.63. The van der Waals surface area contributed by atoms with E-state index in [1.807, 2.05) is 0 Å². The molecule has 0 bridgehead atoms. The Kier molecular flexibility index (Phi) is 3.52. The number of hydrogen-bond acceptors (Lipinski definition) is 3. The first kappa shape index (κ1) is 14.1. The first-order chi connectivity index (χ1) is 9.26. The molecule has 0 atom stereocenters. The molecular formula is C13H11F3N2O2. The van der Waals surface area contributed by atoms with Crippen molar-refractivity contribution < 1.29 is 22.7 Å². The number of halogens is 3. The van der Waals surface area contributed by atoms with Crippen LogP contribution in [0.3, 0.4) is 0 Å². The monoisotopic (exact) mass is 284 g/mol. The van der Waals surface area contributed by atoms with Crippen LogP contribution in [-0.4, -0.2) is 36.2 Å². The SMILES string of the molecule is CN(C)C(=O)c1cnc2ccc(OC(F)(F)F)cc2c1. The smallest absolute Gasteiger partial charge is 0.406 e. The molecule has 2 aromatic rings. The van der Waals surface area contributed by atoms with Gasteiger partial charge in [-0.05, 0) is 24.3 Å². The van der Waals surface area contributed by atoms with Crippen LogP contribution < -0.4 is 4.74 Å². The van der Waals surface area contributed by atoms with Gasteiger partial charge in [0.1, 0.15) is 5.75 Å². The Morgan fingerprint density at radius 3 is 2.55 bits per heavy atom. The van der Waals surface area contributed by atoms with E-state index in [4.69, 9.17) is 0 Å². The van der Waals surface area contributed by atoms with Crippen molar-refractivity contribution >= 4 is 16.8 Å². The van der Waals surface area contributed by atoms with Gasteiger partial charge < -0.3 is 9.64 Å². The molecule has 0 spiro atoms. The standard InChI is InChI=1S/C13H11F3N2O2/c1-18(2)12(19)9-5-8-6-10(20-13(14,15)16)3-4-11(8)17-7-9/h3-7H,1-2H3. The molecule has 20 heavy (non-hydrogen) atoms. The summed E-state index contributed by atoms with van der Waals surface area (Å²) in [5, 5.41) is 0.402. The predicted octanol–water partition coefficient (Wildman–Crippen LogP) is 2.84. The first-order valence-electron chi connectivity index (χ1n) is 5.63. The van der Waals surface area contributed by atoms with Gasteiger partial charge in [0, 0.05) is 25.7 Å². The van der Waals surface area contributed by atoms with Gasteiger partial charge in [0.2, 0.25) is 0 Å². The second-order valence-corrected chi connectivity index (χ2v) is 4.33. The molecule has 1 aromatic heterocycles. The third kappa shape index (κ3) is 3.17. The molecule has 1 aromatic carbocycles. The van der Waals surface area contributed by atoms with Crippen molar-refractivity contribution in [2.45, 2.75) is 6.36 Å². The van der Waals surface area contributed by atoms with Crippen LogP contribution in [0.2, 0.25) is 0 Å². The summed E-state index contributed by atoms with van der Waals surface area (Å²) in [7, 11) is 3.16. The van der Waals surface area contributed by atoms with Crippen molar-refractivity contribution in [3.8, 4) is 5.75 Å². The maximum atomic E-state index is 12.2. The van der Waals surface area contributed by atoms with Gasteiger partial charge in [-0.25, -0.2) is 0 Å². The van der Waals surface area contributed by atoms with Crippen LogP contribution in [0.15, 0.2) is 30.5 Å². The highest BCUT2D eigenvalue weighted by molar-refractivity contribution is 5.97. The summed E-state index contributed by atoms with van der Waals surface area (Å²) in [4.78, 5) is 17.2. The van der Waals surface area contributed by atoms with Crippen LogP contribution in [0.25, 0.3) is 10.9 Å². The predicted molar refractivity (Wildman–Crippen MR) is 66.4 cm³/mol. The fourth-order valence-corrected chi connectivity index (χ4v) is 1.68. The lowest BCUT2D eigenvalue weighted by Crippen LogP contribution is -2.21. The Morgan fingerprint density at radius 1 is 1.25 bits per heavy atom. The second-order valence-electron chi connectivity index (χ2n) is 4.33. The van der Waals surface area contributed by atoms with E-state index in [-0.39, 0.29) is 11.7 Å². The van der Waals surface area contributed by atoms with E-state index in [1.165, 1.54) is 35.4 Å². The normalized spacial score (nSPS) is 11.4. The minimum absolute atomic E-state index is 0.276. The van der Waals surface area contributed by atoms with E-state index < -0.39 is 6.36 Å². The molecule has 7 heteroatoms. The van der Waals surface area contributed by atoms with Crippen LogP contribution in [0.4, 0.5) is 13.2 Å². The topological polar surface area (TPSA) is 42.4 Å². The molecule has 1 heterocycles. The van der Waals surface area contributed by atoms with Crippen LogP contribution in [-0.2, 0) is 0 Å². The summed E-state index contributed by atoms with van der Waals surface area (Å²) < 4.78 is 40.3. The third-order valence-corrected chi connectivity index (χ3v) is 2.54. The van der Waals surface area contributed by atoms with Crippen LogP contribution >= 0.6 is 0 Å². The van der Waals surface area contributed by atoms with E-state index in [1.54, 1.807) is 14.1 Å². The largest absolute Gasteiger partial charge is 0.573 e. The fraction of sp³-hybridized carbons (Fsp3) is 0.231. The van der Waals surface area contributed by atoms with E-state index in [0.29, 0.717) is 16.5 Å². The van der Waals surface area contributed by atoms with Crippen molar-refractivity contribution in [1.29, 1.82) is 0 Å². The van der Waals surface area contributed by atoms with Gasteiger partial charge in [-0.15, -0.1) is 13.2 Å². The average Bonchev–Trinajstić information content (AvgIpc) is 2.35. The minimum Gasteiger partial charge on any atom is -0.406 e. The van der Waals surface area contributed by atoms with Gasteiger partial charge in [0.25, 0.3) is 5.91 Å². The third-order valence-electron chi connectivity index (χ3n) is 2.54. The molecule has 106 valence electrons. The Balaban J connectivity index is 2.42. The summed E-state index contributed by atoms with van der Waals surface area (Å²) in [6.45, 7) is 0. The maximum absolute atomic E-state index is 12.2. The molecule has 0 saturated carbocycles. The van der Waals surface area contributed by atoms with Crippen LogP contribution in [0.1, 0.15) is 10.4 Å². The zero-order valence-corrected chi connectivity index (χ0v) is 10.7. The maximum Gasteiger partial charge on any atom is 0.573 e. The summed E-state index contributed by atoms with van der Waals surface area (Å²) in [6.07, 6.45) is -3.37. The van der Waals surface area contributed by atoms with Crippen LogP contribution in [0.5, 0.6) is 5.75 Å². The van der Waals surface area contributed by atoms with E-state index in [2.05, 4.69) is 9.72 Å². The number of fused-ring (bicyclic) bond motifs is 1. The number of benzene rings is 1. The number of ether oxygens (including phenoxy) is 1. The number of pyridine rings is 1. The number of carbonyl (C=O) groups is 1. The summed E-state index contributed by atoms with van der Waals surface area (Å²) in [6, 6.07) is 5.26. The number of carbonyl (C=O) groups excluding carboxylic acids is 1. The molecule has 0 aliphatic carbocycles. The Labute approximate surface area is 112 Å². The summed E-state index contributed by atoms with van der Waals surface area (Å²) in [5.41, 5.74) is 0.779. The number of hydrogen-bond donors (Lipinski definition) is 0. The molecular weight excluding hydrogens is 273 g/mol. The molecule has 4 nitrogen and oxygen atoms in total. The molecule has 0 unspecified atom stereocenters. The van der Waals surface area contributed by atoms with Crippen molar-refractivity contribution in [3.05, 3.63) is 36.0 Å². The minimum atomic E-state index is -4.75. The highest BCUT2D eigenvalue weighted by Gasteiger charge is 2.31. The molecule has 0 N–H and O–H groups in total. The second kappa shape index (κ2) is 4.99. The number of alkyl halides is 3. The lowest BCUT2D eigenvalue weighted by molar-refractivity contribution is -0.274. The molecule has 0 aliphatic heterocycles. The average molecular weight is 284 g/mol. The van der Waals surface area contributed by atoms with Crippen molar-refractivity contribution in [1.82, 2.24) is 9.88 Å². The van der Waals surface area contributed by atoms with Gasteiger partial charge in [-0.2, -0.15) is 0 Å². The molecule has 0 saturated heterocycles. The van der Waals surface area contributed by atoms with E-state index in [9.17, 15) is 18.0 Å². The molecule has 2 rings (SSSR count). The lowest BCUT2D eigenvalue weighted by atomic mass is 10.1. The zero-order valence-electron chi connectivity index (χ0n) is 10.7. The van der Waals surface area contributed by atoms with Crippen LogP contribution in [0, 0.1) is 0 Å². The lowest BCUT2D eigenvalue weighted by Gasteiger charge is -2.11. The Morgan fingerprint density at radius 2 is 1.95 bits per heavy atom. The zero-order chi connectivity index (χ0) is 14.9.